The van der Waals surface area contributed by atoms with Crippen molar-refractivity contribution in [2.75, 3.05) is 6.54 Å². The Bertz CT molecular complexity index is 593. The van der Waals surface area contributed by atoms with E-state index in [1.807, 2.05) is 18.3 Å². The molecule has 0 radical (unpaired) electrons. The third kappa shape index (κ3) is 3.72. The van der Waals surface area contributed by atoms with Gasteiger partial charge in [-0.2, -0.15) is 0 Å². The molecule has 2 aromatic rings. The van der Waals surface area contributed by atoms with Crippen LogP contribution in [-0.2, 0) is 13.1 Å². The molecule has 1 aromatic carbocycles. The highest BCUT2D eigenvalue weighted by atomic mass is 35.5. The van der Waals surface area contributed by atoms with E-state index in [9.17, 15) is 0 Å². The van der Waals surface area contributed by atoms with Crippen molar-refractivity contribution in [2.45, 2.75) is 25.9 Å². The van der Waals surface area contributed by atoms with Crippen LogP contribution in [0.2, 0.25) is 10.0 Å². The summed E-state index contributed by atoms with van der Waals surface area (Å²) in [6.07, 6.45) is 4.66. The van der Waals surface area contributed by atoms with Gasteiger partial charge in [0.05, 0.1) is 18.4 Å². The first-order valence-corrected chi connectivity index (χ1v) is 7.50. The largest absolute Gasteiger partial charge is 0.311 e. The van der Waals surface area contributed by atoms with Crippen molar-refractivity contribution in [1.29, 1.82) is 0 Å². The van der Waals surface area contributed by atoms with Gasteiger partial charge in [-0.25, -0.2) is 4.68 Å². The molecule has 0 spiro atoms. The van der Waals surface area contributed by atoms with E-state index in [0.29, 0.717) is 16.6 Å². The van der Waals surface area contributed by atoms with Crippen LogP contribution in [0.3, 0.4) is 0 Å². The van der Waals surface area contributed by atoms with E-state index in [2.05, 4.69) is 15.6 Å². The Morgan fingerprint density at radius 1 is 1.30 bits per heavy atom. The third-order valence-corrected chi connectivity index (χ3v) is 3.96. The first-order valence-electron chi connectivity index (χ1n) is 6.74. The number of nitrogens with zero attached hydrogens (tertiary/aromatic N) is 3. The summed E-state index contributed by atoms with van der Waals surface area (Å²) in [5, 5.41) is 13.0. The Labute approximate surface area is 128 Å². The van der Waals surface area contributed by atoms with Crippen molar-refractivity contribution in [3.8, 4) is 0 Å². The molecule has 0 aliphatic heterocycles. The number of rotatable bonds is 6. The van der Waals surface area contributed by atoms with Crippen molar-refractivity contribution in [3.63, 3.8) is 0 Å². The van der Waals surface area contributed by atoms with Gasteiger partial charge in [-0.05, 0) is 43.0 Å². The fraction of sp³-hybridized carbons (Fsp3) is 0.429. The highest BCUT2D eigenvalue weighted by Gasteiger charge is 2.20. The third-order valence-electron chi connectivity index (χ3n) is 3.37. The maximum absolute atomic E-state index is 6.15. The monoisotopic (exact) mass is 310 g/mol. The van der Waals surface area contributed by atoms with E-state index in [0.717, 1.165) is 30.3 Å². The molecular formula is C14H16Cl2N4. The van der Waals surface area contributed by atoms with Crippen LogP contribution < -0.4 is 5.32 Å². The number of hydrogen-bond acceptors (Lipinski definition) is 3. The molecule has 3 rings (SSSR count). The van der Waals surface area contributed by atoms with Crippen molar-refractivity contribution in [1.82, 2.24) is 20.3 Å². The topological polar surface area (TPSA) is 42.7 Å². The summed E-state index contributed by atoms with van der Waals surface area (Å²) in [5.74, 6) is 0.873. The van der Waals surface area contributed by atoms with Crippen LogP contribution in [0, 0.1) is 5.92 Å². The zero-order valence-corrected chi connectivity index (χ0v) is 12.5. The summed E-state index contributed by atoms with van der Waals surface area (Å²) in [5.41, 5.74) is 1.94. The predicted molar refractivity (Wildman–Crippen MR) is 80.0 cm³/mol. The Balaban J connectivity index is 1.58. The Morgan fingerprint density at radius 2 is 2.15 bits per heavy atom. The van der Waals surface area contributed by atoms with E-state index in [4.69, 9.17) is 23.2 Å². The van der Waals surface area contributed by atoms with Gasteiger partial charge in [0.2, 0.25) is 0 Å². The summed E-state index contributed by atoms with van der Waals surface area (Å²) in [6, 6.07) is 5.49. The van der Waals surface area contributed by atoms with Gasteiger partial charge in [0.15, 0.2) is 0 Å². The average Bonchev–Trinajstić information content (AvgIpc) is 3.12. The molecule has 1 aliphatic rings. The van der Waals surface area contributed by atoms with Crippen molar-refractivity contribution >= 4 is 23.2 Å². The number of nitrogens with one attached hydrogen (secondary N) is 1. The number of halogens is 2. The normalized spacial score (nSPS) is 14.7. The fourth-order valence-electron chi connectivity index (χ4n) is 2.05. The smallest absolute Gasteiger partial charge is 0.0964 e. The van der Waals surface area contributed by atoms with Gasteiger partial charge in [-0.15, -0.1) is 5.10 Å². The van der Waals surface area contributed by atoms with Gasteiger partial charge in [-0.3, -0.25) is 0 Å². The van der Waals surface area contributed by atoms with Crippen molar-refractivity contribution < 1.29 is 0 Å². The lowest BCUT2D eigenvalue weighted by Gasteiger charge is -2.04. The lowest BCUT2D eigenvalue weighted by atomic mass is 10.2. The highest BCUT2D eigenvalue weighted by Crippen LogP contribution is 2.27. The van der Waals surface area contributed by atoms with Gasteiger partial charge >= 0.3 is 0 Å². The molecule has 0 saturated heterocycles. The highest BCUT2D eigenvalue weighted by molar-refractivity contribution is 6.35. The summed E-state index contributed by atoms with van der Waals surface area (Å²) in [4.78, 5) is 0. The maximum atomic E-state index is 6.15. The molecule has 1 aromatic heterocycles. The van der Waals surface area contributed by atoms with Gasteiger partial charge in [-0.1, -0.05) is 34.5 Å². The minimum Gasteiger partial charge on any atom is -0.311 e. The van der Waals surface area contributed by atoms with Crippen LogP contribution in [0.4, 0.5) is 0 Å². The number of benzene rings is 1. The van der Waals surface area contributed by atoms with E-state index in [1.165, 1.54) is 12.8 Å². The van der Waals surface area contributed by atoms with Gasteiger partial charge < -0.3 is 5.32 Å². The molecule has 6 heteroatoms. The van der Waals surface area contributed by atoms with Crippen LogP contribution in [0.15, 0.2) is 24.4 Å². The Kier molecular flexibility index (Phi) is 4.24. The minimum absolute atomic E-state index is 0.603. The lowest BCUT2D eigenvalue weighted by Crippen LogP contribution is -2.16. The molecule has 1 fully saturated rings. The second-order valence-corrected chi connectivity index (χ2v) is 6.06. The quantitative estimate of drug-likeness (QED) is 0.891. The van der Waals surface area contributed by atoms with Crippen molar-refractivity contribution in [3.05, 3.63) is 45.7 Å². The molecule has 1 aliphatic carbocycles. The zero-order valence-electron chi connectivity index (χ0n) is 11.0. The van der Waals surface area contributed by atoms with Crippen molar-refractivity contribution in [2.24, 2.45) is 5.92 Å². The zero-order chi connectivity index (χ0) is 13.9. The molecule has 0 atom stereocenters. The van der Waals surface area contributed by atoms with E-state index >= 15 is 0 Å². The molecule has 0 bridgehead atoms. The summed E-state index contributed by atoms with van der Waals surface area (Å²) in [6.45, 7) is 2.45. The molecule has 20 heavy (non-hydrogen) atoms. The van der Waals surface area contributed by atoms with E-state index < -0.39 is 0 Å². The molecule has 4 nitrogen and oxygen atoms in total. The fourth-order valence-corrected chi connectivity index (χ4v) is 2.52. The lowest BCUT2D eigenvalue weighted by molar-refractivity contribution is 0.627. The average molecular weight is 311 g/mol. The molecule has 0 unspecified atom stereocenters. The summed E-state index contributed by atoms with van der Waals surface area (Å²) < 4.78 is 1.79. The van der Waals surface area contributed by atoms with Gasteiger partial charge in [0.25, 0.3) is 0 Å². The standard InChI is InChI=1S/C14H16Cl2N4/c15-12-4-3-11(14(16)5-12)8-20-9-13(18-19-20)7-17-6-10-1-2-10/h3-5,9-10,17H,1-2,6-8H2. The SMILES string of the molecule is Clc1ccc(Cn2cc(CNCC3CC3)nn2)c(Cl)c1. The second kappa shape index (κ2) is 6.12. The van der Waals surface area contributed by atoms with Crippen LogP contribution in [-0.4, -0.2) is 21.5 Å². The Morgan fingerprint density at radius 3 is 2.90 bits per heavy atom. The second-order valence-electron chi connectivity index (χ2n) is 5.22. The molecular weight excluding hydrogens is 295 g/mol. The Hall–Kier alpha value is -1.10. The van der Waals surface area contributed by atoms with Crippen LogP contribution in [0.5, 0.6) is 0 Å². The molecule has 1 heterocycles. The van der Waals surface area contributed by atoms with Crippen LogP contribution >= 0.6 is 23.2 Å². The minimum atomic E-state index is 0.603. The summed E-state index contributed by atoms with van der Waals surface area (Å²) >= 11 is 12.0. The molecule has 0 amide bonds. The van der Waals surface area contributed by atoms with Gasteiger partial charge in [0.1, 0.15) is 0 Å². The number of aromatic nitrogens is 3. The van der Waals surface area contributed by atoms with Gasteiger partial charge in [0, 0.05) is 16.6 Å². The van der Waals surface area contributed by atoms with E-state index in [-0.39, 0.29) is 0 Å². The van der Waals surface area contributed by atoms with E-state index in [1.54, 1.807) is 10.7 Å². The first kappa shape index (κ1) is 13.9. The molecule has 1 saturated carbocycles. The summed E-state index contributed by atoms with van der Waals surface area (Å²) in [7, 11) is 0. The van der Waals surface area contributed by atoms with Crippen LogP contribution in [0.25, 0.3) is 0 Å². The molecule has 106 valence electrons. The maximum Gasteiger partial charge on any atom is 0.0964 e. The predicted octanol–water partition coefficient (Wildman–Crippen LogP) is 3.13. The number of hydrogen-bond donors (Lipinski definition) is 1. The van der Waals surface area contributed by atoms with Crippen LogP contribution in [0.1, 0.15) is 24.1 Å². The molecule has 1 N–H and O–H groups in total. The first-order chi connectivity index (χ1) is 9.70.